The first-order valence-electron chi connectivity index (χ1n) is 24.1. The van der Waals surface area contributed by atoms with Gasteiger partial charge in [-0.1, -0.05) is 41.5 Å². The third-order valence-electron chi connectivity index (χ3n) is 11.1. The van der Waals surface area contributed by atoms with E-state index in [1.54, 1.807) is 22.7 Å². The van der Waals surface area contributed by atoms with Crippen molar-refractivity contribution in [3.63, 3.8) is 0 Å². The maximum absolute atomic E-state index is 6.26. The number of hydrogen-bond donors (Lipinski definition) is 0. The molecule has 0 spiro atoms. The molecule has 12 heterocycles. The standard InChI is InChI=1S/2C21H24O6S3.3C2H6/c2*1-4-22-12-10-28-18(14(12)24-6-1)20-16-17(27-9-3-8-26-16)21(30-20)19-15-13(11-29-19)23-5-2-7-25-15;3*1-2/h2*18-19H,1-11H2;3*1-2H3. The second-order valence-electron chi connectivity index (χ2n) is 15.2. The molecule has 2 aromatic heterocycles. The van der Waals surface area contributed by atoms with E-state index in [0.29, 0.717) is 52.9 Å². The van der Waals surface area contributed by atoms with Crippen molar-refractivity contribution in [2.24, 2.45) is 0 Å². The fourth-order valence-electron chi connectivity index (χ4n) is 8.33. The van der Waals surface area contributed by atoms with E-state index in [2.05, 4.69) is 0 Å². The van der Waals surface area contributed by atoms with Crippen LogP contribution in [0, 0.1) is 0 Å². The molecule has 0 fully saturated rings. The van der Waals surface area contributed by atoms with Crippen LogP contribution in [0.25, 0.3) is 0 Å². The fourth-order valence-corrected chi connectivity index (χ4v) is 16.6. The molecule has 366 valence electrons. The zero-order valence-corrected chi connectivity index (χ0v) is 44.1. The largest absolute Gasteiger partial charge is 0.493 e. The molecule has 0 saturated heterocycles. The maximum Gasteiger partial charge on any atom is 0.177 e. The van der Waals surface area contributed by atoms with Gasteiger partial charge in [0, 0.05) is 38.5 Å². The highest BCUT2D eigenvalue weighted by atomic mass is 32.2. The molecule has 0 N–H and O–H groups in total. The number of fused-ring (bicyclic) bond motifs is 2. The number of hydrogen-bond acceptors (Lipinski definition) is 18. The van der Waals surface area contributed by atoms with Crippen LogP contribution in [0.3, 0.4) is 0 Å². The topological polar surface area (TPSA) is 111 Å². The Morgan fingerprint density at radius 3 is 0.697 bits per heavy atom. The molecule has 0 amide bonds. The quantitative estimate of drug-likeness (QED) is 0.289. The smallest absolute Gasteiger partial charge is 0.177 e. The number of thiophene rings is 2. The minimum absolute atomic E-state index is 0.0958. The lowest BCUT2D eigenvalue weighted by Crippen LogP contribution is -2.03. The molecular formula is C48H66O12S6. The maximum atomic E-state index is 6.26. The van der Waals surface area contributed by atoms with E-state index >= 15 is 0 Å². The zero-order valence-electron chi connectivity index (χ0n) is 39.2. The van der Waals surface area contributed by atoms with Gasteiger partial charge in [-0.05, 0) is 0 Å². The Kier molecular flexibility index (Phi) is 18.7. The SMILES string of the molecule is C1COC2=C(OC1)C(c1sc(C3SCC4=C3OCCCO4)c3c1OCCCO3)SC2.C1COC2=C(OC1)C(c1sc(C3SCC4=C3OCCCO4)c3c1OCCCO3)SC2.CC.CC.CC. The van der Waals surface area contributed by atoms with Gasteiger partial charge in [-0.15, -0.1) is 69.7 Å². The van der Waals surface area contributed by atoms with Gasteiger partial charge in [0.05, 0.1) is 122 Å². The number of ether oxygens (including phenoxy) is 12. The number of rotatable bonds is 4. The molecule has 4 unspecified atom stereocenters. The first-order valence-corrected chi connectivity index (χ1v) is 29.9. The van der Waals surface area contributed by atoms with E-state index in [1.807, 2.05) is 88.6 Å². The monoisotopic (exact) mass is 1030 g/mol. The third-order valence-corrected chi connectivity index (χ3v) is 19.1. The van der Waals surface area contributed by atoms with Crippen molar-refractivity contribution in [1.29, 1.82) is 0 Å². The summed E-state index contributed by atoms with van der Waals surface area (Å²) in [5.74, 6) is 14.7. The lowest BCUT2D eigenvalue weighted by atomic mass is 10.2. The predicted molar refractivity (Wildman–Crippen MR) is 269 cm³/mol. The summed E-state index contributed by atoms with van der Waals surface area (Å²) >= 11 is 10.9. The first kappa shape index (κ1) is 49.8. The van der Waals surface area contributed by atoms with Crippen LogP contribution in [0.5, 0.6) is 23.0 Å². The van der Waals surface area contributed by atoms with Crippen LogP contribution in [0.1, 0.15) is 121 Å². The molecule has 12 nitrogen and oxygen atoms in total. The highest BCUT2D eigenvalue weighted by molar-refractivity contribution is 8.01. The van der Waals surface area contributed by atoms with Crippen LogP contribution in [0.2, 0.25) is 0 Å². The van der Waals surface area contributed by atoms with Gasteiger partial charge in [0.2, 0.25) is 0 Å². The second-order valence-corrected chi connectivity index (χ2v) is 21.7. The molecule has 0 bridgehead atoms. The van der Waals surface area contributed by atoms with Crippen LogP contribution >= 0.6 is 69.7 Å². The van der Waals surface area contributed by atoms with Gasteiger partial charge < -0.3 is 56.8 Å². The third kappa shape index (κ3) is 10.6. The molecule has 0 radical (unpaired) electrons. The van der Waals surface area contributed by atoms with E-state index in [4.69, 9.17) is 56.8 Å². The molecular weight excluding hydrogens is 961 g/mol. The lowest BCUT2D eigenvalue weighted by molar-refractivity contribution is 0.203. The van der Waals surface area contributed by atoms with Crippen LogP contribution < -0.4 is 18.9 Å². The molecule has 66 heavy (non-hydrogen) atoms. The summed E-state index contributed by atoms with van der Waals surface area (Å²) < 4.78 is 73.4. The van der Waals surface area contributed by atoms with Gasteiger partial charge in [-0.2, -0.15) is 0 Å². The number of thioether (sulfide) groups is 4. The normalized spacial score (nSPS) is 26.0. The molecule has 0 saturated carbocycles. The van der Waals surface area contributed by atoms with Gasteiger partial charge in [-0.3, -0.25) is 0 Å². The second kappa shape index (κ2) is 24.8. The van der Waals surface area contributed by atoms with Crippen molar-refractivity contribution in [3.8, 4) is 23.0 Å². The van der Waals surface area contributed by atoms with Crippen molar-refractivity contribution in [1.82, 2.24) is 0 Å². The highest BCUT2D eigenvalue weighted by Gasteiger charge is 2.44. The van der Waals surface area contributed by atoms with Crippen molar-refractivity contribution in [2.75, 3.05) is 102 Å². The van der Waals surface area contributed by atoms with E-state index in [-0.39, 0.29) is 21.0 Å². The molecule has 10 aliphatic rings. The first-order chi connectivity index (χ1) is 32.8. The Labute approximate surface area is 415 Å². The van der Waals surface area contributed by atoms with E-state index in [0.717, 1.165) is 157 Å². The molecule has 18 heteroatoms. The van der Waals surface area contributed by atoms with Crippen molar-refractivity contribution >= 4 is 69.7 Å². The average molecular weight is 1030 g/mol. The van der Waals surface area contributed by atoms with Gasteiger partial charge in [-0.25, -0.2) is 0 Å². The van der Waals surface area contributed by atoms with Gasteiger partial charge >= 0.3 is 0 Å². The Bertz CT molecular complexity index is 1790. The minimum Gasteiger partial charge on any atom is -0.493 e. The summed E-state index contributed by atoms with van der Waals surface area (Å²) in [5, 5.41) is 0.383. The summed E-state index contributed by atoms with van der Waals surface area (Å²) in [6, 6.07) is 0. The van der Waals surface area contributed by atoms with Crippen LogP contribution in [-0.4, -0.2) is 102 Å². The zero-order chi connectivity index (χ0) is 45.8. The molecule has 10 aliphatic heterocycles. The summed E-state index contributed by atoms with van der Waals surface area (Å²) in [6.45, 7) is 20.4. The Morgan fingerprint density at radius 1 is 0.273 bits per heavy atom. The summed E-state index contributed by atoms with van der Waals surface area (Å²) in [7, 11) is 0. The summed E-state index contributed by atoms with van der Waals surface area (Å²) in [6.07, 6.45) is 5.45. The van der Waals surface area contributed by atoms with E-state index < -0.39 is 0 Å². The van der Waals surface area contributed by atoms with Crippen LogP contribution in [0.4, 0.5) is 0 Å². The van der Waals surface area contributed by atoms with Crippen molar-refractivity contribution in [2.45, 2.75) is 101 Å². The Morgan fingerprint density at radius 2 is 0.470 bits per heavy atom. The van der Waals surface area contributed by atoms with Crippen molar-refractivity contribution in [3.05, 3.63) is 65.6 Å². The summed E-state index contributed by atoms with van der Waals surface area (Å²) in [5.41, 5.74) is 0. The lowest BCUT2D eigenvalue weighted by Gasteiger charge is -2.14. The predicted octanol–water partition coefficient (Wildman–Crippen LogP) is 12.6. The average Bonchev–Trinajstić information content (AvgIpc) is 4.03. The van der Waals surface area contributed by atoms with Gasteiger partial charge in [0.15, 0.2) is 46.0 Å². The molecule has 2 aromatic rings. The Hall–Kier alpha value is -2.64. The van der Waals surface area contributed by atoms with Crippen molar-refractivity contribution < 1.29 is 56.8 Å². The van der Waals surface area contributed by atoms with E-state index in [9.17, 15) is 0 Å². The molecule has 0 aliphatic carbocycles. The summed E-state index contributed by atoms with van der Waals surface area (Å²) in [4.78, 5) is 4.69. The minimum atomic E-state index is 0.0958. The highest BCUT2D eigenvalue weighted by Crippen LogP contribution is 2.62. The Balaban J connectivity index is 0.000000162. The van der Waals surface area contributed by atoms with Crippen LogP contribution in [0.15, 0.2) is 46.1 Å². The van der Waals surface area contributed by atoms with E-state index in [1.165, 1.54) is 19.5 Å². The molecule has 4 atom stereocenters. The molecule has 0 aromatic carbocycles. The van der Waals surface area contributed by atoms with Gasteiger partial charge in [0.25, 0.3) is 0 Å². The fraction of sp³-hybridized carbons (Fsp3) is 0.667. The van der Waals surface area contributed by atoms with Gasteiger partial charge in [0.1, 0.15) is 44.0 Å². The molecule has 12 rings (SSSR count). The van der Waals surface area contributed by atoms with Crippen LogP contribution in [-0.2, 0) is 37.9 Å².